The Morgan fingerprint density at radius 2 is 1.95 bits per heavy atom. The predicted octanol–water partition coefficient (Wildman–Crippen LogP) is 3.20. The van der Waals surface area contributed by atoms with Crippen molar-refractivity contribution >= 4 is 0 Å². The van der Waals surface area contributed by atoms with Crippen molar-refractivity contribution in [1.82, 2.24) is 9.97 Å². The Morgan fingerprint density at radius 3 is 2.80 bits per heavy atom. The highest BCUT2D eigenvalue weighted by Gasteiger charge is 2.21. The molecule has 20 heavy (non-hydrogen) atoms. The maximum absolute atomic E-state index is 5.87. The summed E-state index contributed by atoms with van der Waals surface area (Å²) in [6, 6.07) is 8.32. The lowest BCUT2D eigenvalue weighted by Gasteiger charge is -2.25. The maximum Gasteiger partial charge on any atom is 0.125 e. The minimum atomic E-state index is 0.497. The summed E-state index contributed by atoms with van der Waals surface area (Å²) in [4.78, 5) is 9.04. The number of nitrogens with zero attached hydrogens (tertiary/aromatic N) is 2. The Kier molecular flexibility index (Phi) is 3.43. The Labute approximate surface area is 120 Å². The second-order valence-electron chi connectivity index (χ2n) is 5.62. The zero-order valence-electron chi connectivity index (χ0n) is 12.3. The van der Waals surface area contributed by atoms with E-state index in [1.165, 1.54) is 16.8 Å². The molecule has 3 rings (SSSR count). The van der Waals surface area contributed by atoms with Crippen LogP contribution in [0, 0.1) is 26.7 Å². The molecule has 3 heteroatoms. The van der Waals surface area contributed by atoms with Crippen molar-refractivity contribution in [3.8, 4) is 5.75 Å². The van der Waals surface area contributed by atoms with Crippen LogP contribution in [0.1, 0.15) is 28.3 Å². The van der Waals surface area contributed by atoms with Crippen molar-refractivity contribution in [2.75, 3.05) is 6.61 Å². The number of benzene rings is 1. The summed E-state index contributed by atoms with van der Waals surface area (Å²) in [7, 11) is 0. The Morgan fingerprint density at radius 1 is 1.15 bits per heavy atom. The van der Waals surface area contributed by atoms with Gasteiger partial charge in [-0.25, -0.2) is 9.97 Å². The Hall–Kier alpha value is -1.90. The molecule has 104 valence electrons. The molecule has 0 aliphatic carbocycles. The van der Waals surface area contributed by atoms with E-state index in [-0.39, 0.29) is 0 Å². The molecule has 0 saturated heterocycles. The molecule has 2 aromatic rings. The van der Waals surface area contributed by atoms with E-state index in [0.29, 0.717) is 5.92 Å². The molecular weight excluding hydrogens is 248 g/mol. The second-order valence-corrected chi connectivity index (χ2v) is 5.62. The van der Waals surface area contributed by atoms with Crippen LogP contribution in [0.3, 0.4) is 0 Å². The third-order valence-electron chi connectivity index (χ3n) is 4.04. The van der Waals surface area contributed by atoms with Gasteiger partial charge < -0.3 is 4.74 Å². The summed E-state index contributed by atoms with van der Waals surface area (Å²) in [5.74, 6) is 2.40. The van der Waals surface area contributed by atoms with E-state index in [9.17, 15) is 0 Å². The minimum Gasteiger partial charge on any atom is -0.493 e. The molecule has 2 heterocycles. The first-order valence-corrected chi connectivity index (χ1v) is 7.15. The fraction of sp³-hybridized carbons (Fsp3) is 0.412. The second kappa shape index (κ2) is 5.23. The monoisotopic (exact) mass is 268 g/mol. The third-order valence-corrected chi connectivity index (χ3v) is 4.04. The highest BCUT2D eigenvalue weighted by Crippen LogP contribution is 2.28. The van der Waals surface area contributed by atoms with Crippen molar-refractivity contribution < 1.29 is 4.74 Å². The number of rotatable bonds is 2. The van der Waals surface area contributed by atoms with Crippen LogP contribution in [0.25, 0.3) is 0 Å². The van der Waals surface area contributed by atoms with Gasteiger partial charge in [-0.15, -0.1) is 0 Å². The van der Waals surface area contributed by atoms with E-state index >= 15 is 0 Å². The quantitative estimate of drug-likeness (QED) is 0.839. The average Bonchev–Trinajstić information content (AvgIpc) is 2.44. The fourth-order valence-corrected chi connectivity index (χ4v) is 2.83. The van der Waals surface area contributed by atoms with Gasteiger partial charge in [-0.1, -0.05) is 18.2 Å². The number of ether oxygens (including phenoxy) is 1. The third kappa shape index (κ3) is 2.53. The molecule has 0 bridgehead atoms. The zero-order valence-corrected chi connectivity index (χ0v) is 12.3. The van der Waals surface area contributed by atoms with Crippen LogP contribution >= 0.6 is 0 Å². The minimum absolute atomic E-state index is 0.497. The predicted molar refractivity (Wildman–Crippen MR) is 79.1 cm³/mol. The summed E-state index contributed by atoms with van der Waals surface area (Å²) in [6.07, 6.45) is 2.03. The van der Waals surface area contributed by atoms with E-state index in [1.807, 2.05) is 13.0 Å². The van der Waals surface area contributed by atoms with Gasteiger partial charge in [0.2, 0.25) is 0 Å². The molecule has 1 aromatic carbocycles. The van der Waals surface area contributed by atoms with Crippen LogP contribution in [-0.4, -0.2) is 16.6 Å². The molecule has 0 fully saturated rings. The smallest absolute Gasteiger partial charge is 0.125 e. The highest BCUT2D eigenvalue weighted by atomic mass is 16.5. The van der Waals surface area contributed by atoms with Gasteiger partial charge in [0, 0.05) is 17.3 Å². The number of hydrogen-bond acceptors (Lipinski definition) is 3. The summed E-state index contributed by atoms with van der Waals surface area (Å²) in [5.41, 5.74) is 4.78. The topological polar surface area (TPSA) is 35.0 Å². The largest absolute Gasteiger partial charge is 0.493 e. The van der Waals surface area contributed by atoms with E-state index in [1.54, 1.807) is 0 Å². The summed E-state index contributed by atoms with van der Waals surface area (Å²) in [6.45, 7) is 6.91. The molecule has 3 nitrogen and oxygen atoms in total. The summed E-state index contributed by atoms with van der Waals surface area (Å²) >= 11 is 0. The fourth-order valence-electron chi connectivity index (χ4n) is 2.83. The zero-order chi connectivity index (χ0) is 14.1. The Bertz CT molecular complexity index is 637. The first-order valence-electron chi connectivity index (χ1n) is 7.15. The number of aromatic nitrogens is 2. The van der Waals surface area contributed by atoms with Gasteiger partial charge in [0.05, 0.1) is 6.61 Å². The molecule has 1 aromatic heterocycles. The molecular formula is C17H20N2O. The van der Waals surface area contributed by atoms with Crippen molar-refractivity contribution in [3.63, 3.8) is 0 Å². The lowest BCUT2D eigenvalue weighted by molar-refractivity contribution is 0.220. The highest BCUT2D eigenvalue weighted by molar-refractivity contribution is 5.35. The lowest BCUT2D eigenvalue weighted by atomic mass is 9.91. The van der Waals surface area contributed by atoms with Crippen LogP contribution in [-0.2, 0) is 12.8 Å². The van der Waals surface area contributed by atoms with E-state index in [4.69, 9.17) is 4.74 Å². The lowest BCUT2D eigenvalue weighted by Crippen LogP contribution is -2.23. The molecule has 0 saturated carbocycles. The first-order chi connectivity index (χ1) is 9.63. The van der Waals surface area contributed by atoms with Crippen LogP contribution in [0.5, 0.6) is 5.75 Å². The van der Waals surface area contributed by atoms with Crippen LogP contribution in [0.2, 0.25) is 0 Å². The van der Waals surface area contributed by atoms with Crippen molar-refractivity contribution in [2.45, 2.75) is 33.6 Å². The number of hydrogen-bond donors (Lipinski definition) is 0. The van der Waals surface area contributed by atoms with Gasteiger partial charge in [0.1, 0.15) is 11.6 Å². The molecule has 0 spiro atoms. The van der Waals surface area contributed by atoms with Gasteiger partial charge in [0.25, 0.3) is 0 Å². The van der Waals surface area contributed by atoms with Crippen LogP contribution in [0.4, 0.5) is 0 Å². The van der Waals surface area contributed by atoms with E-state index in [0.717, 1.165) is 36.7 Å². The van der Waals surface area contributed by atoms with E-state index in [2.05, 4.69) is 42.0 Å². The molecule has 0 amide bonds. The van der Waals surface area contributed by atoms with Gasteiger partial charge >= 0.3 is 0 Å². The summed E-state index contributed by atoms with van der Waals surface area (Å²) < 4.78 is 5.87. The first kappa shape index (κ1) is 13.1. The van der Waals surface area contributed by atoms with Gasteiger partial charge in [0.15, 0.2) is 0 Å². The number of aryl methyl sites for hydroxylation is 2. The average molecular weight is 268 g/mol. The molecule has 1 aliphatic heterocycles. The standard InChI is InChI=1S/C17H20N2O/c1-11-12(2)18-13(3)19-16(11)9-14-8-15-6-4-5-7-17(15)20-10-14/h4-7,14H,8-10H2,1-3H3/t14-/m0/s1. The van der Waals surface area contributed by atoms with Gasteiger partial charge in [-0.2, -0.15) is 0 Å². The van der Waals surface area contributed by atoms with Gasteiger partial charge in [-0.3, -0.25) is 0 Å². The maximum atomic E-state index is 5.87. The van der Waals surface area contributed by atoms with Gasteiger partial charge in [-0.05, 0) is 50.8 Å². The number of fused-ring (bicyclic) bond motifs is 1. The Balaban J connectivity index is 1.80. The molecule has 1 aliphatic rings. The molecule has 0 N–H and O–H groups in total. The molecule has 1 atom stereocenters. The van der Waals surface area contributed by atoms with E-state index < -0.39 is 0 Å². The SMILES string of the molecule is Cc1nc(C)c(C)c(C[C@H]2COc3ccccc3C2)n1. The normalized spacial score (nSPS) is 17.4. The molecule has 0 unspecified atom stereocenters. The summed E-state index contributed by atoms with van der Waals surface area (Å²) in [5, 5.41) is 0. The number of para-hydroxylation sites is 1. The van der Waals surface area contributed by atoms with Crippen molar-refractivity contribution in [2.24, 2.45) is 5.92 Å². The van der Waals surface area contributed by atoms with Crippen molar-refractivity contribution in [1.29, 1.82) is 0 Å². The molecule has 0 radical (unpaired) electrons. The van der Waals surface area contributed by atoms with Crippen LogP contribution in [0.15, 0.2) is 24.3 Å². The van der Waals surface area contributed by atoms with Crippen molar-refractivity contribution in [3.05, 3.63) is 52.6 Å². The van der Waals surface area contributed by atoms with Crippen LogP contribution < -0.4 is 4.74 Å².